The van der Waals surface area contributed by atoms with Gasteiger partial charge in [0.1, 0.15) is 16.1 Å². The predicted octanol–water partition coefficient (Wildman–Crippen LogP) is 3.53. The van der Waals surface area contributed by atoms with Crippen molar-refractivity contribution in [2.45, 2.75) is 37.3 Å². The molecule has 0 radical (unpaired) electrons. The minimum absolute atomic E-state index is 0.0872. The summed E-state index contributed by atoms with van der Waals surface area (Å²) in [5, 5.41) is 0. The monoisotopic (exact) mass is 469 g/mol. The maximum Gasteiger partial charge on any atom is 0.213 e. The van der Waals surface area contributed by atoms with Crippen LogP contribution in [0.2, 0.25) is 0 Å². The third-order valence-corrected chi connectivity index (χ3v) is 5.10. The van der Waals surface area contributed by atoms with Gasteiger partial charge in [-0.25, -0.2) is 15.0 Å². The Kier molecular flexibility index (Phi) is 7.43. The molecule has 0 aliphatic carbocycles. The molecule has 0 aliphatic heterocycles. The number of ketones is 1. The molecule has 1 atom stereocenters. The van der Waals surface area contributed by atoms with Crippen LogP contribution < -0.4 is 5.73 Å². The van der Waals surface area contributed by atoms with Gasteiger partial charge in [-0.2, -0.15) is 4.39 Å². The van der Waals surface area contributed by atoms with Crippen LogP contribution in [0.5, 0.6) is 0 Å². The number of alkyl halides is 1. The lowest BCUT2D eigenvalue weighted by atomic mass is 10.0. The molecule has 0 saturated heterocycles. The van der Waals surface area contributed by atoms with Crippen molar-refractivity contribution in [2.24, 2.45) is 5.73 Å². The van der Waals surface area contributed by atoms with Crippen molar-refractivity contribution in [1.82, 2.24) is 19.9 Å². The van der Waals surface area contributed by atoms with E-state index in [9.17, 15) is 9.18 Å². The first-order valence-corrected chi connectivity index (χ1v) is 9.46. The summed E-state index contributed by atoms with van der Waals surface area (Å²) in [6.07, 6.45) is 6.09. The molecule has 0 bridgehead atoms. The fourth-order valence-electron chi connectivity index (χ4n) is 2.62. The Morgan fingerprint density at radius 1 is 1.42 bits per heavy atom. The molecule has 2 N–H and O–H groups in total. The third-order valence-electron chi connectivity index (χ3n) is 3.75. The smallest absolute Gasteiger partial charge is 0.213 e. The highest BCUT2D eigenvalue weighted by Crippen LogP contribution is 2.29. The number of aromatic nitrogens is 3. The van der Waals surface area contributed by atoms with Gasteiger partial charge in [0, 0.05) is 24.9 Å². The SMILES string of the molecule is CCCc1c(CN(/C=C\N)C(I)c2cccc(F)n2)ncnc1C(C)=O. The van der Waals surface area contributed by atoms with Gasteiger partial charge < -0.3 is 10.6 Å². The zero-order valence-corrected chi connectivity index (χ0v) is 16.9. The van der Waals surface area contributed by atoms with Crippen LogP contribution in [-0.2, 0) is 13.0 Å². The Balaban J connectivity index is 2.38. The van der Waals surface area contributed by atoms with Gasteiger partial charge in [0.15, 0.2) is 5.78 Å². The van der Waals surface area contributed by atoms with E-state index in [2.05, 4.69) is 37.5 Å². The van der Waals surface area contributed by atoms with E-state index in [0.29, 0.717) is 24.4 Å². The zero-order chi connectivity index (χ0) is 19.1. The predicted molar refractivity (Wildman–Crippen MR) is 106 cm³/mol. The molecule has 1 unspecified atom stereocenters. The molecule has 2 heterocycles. The van der Waals surface area contributed by atoms with E-state index in [4.69, 9.17) is 5.73 Å². The number of halogens is 2. The van der Waals surface area contributed by atoms with Crippen LogP contribution in [0.3, 0.4) is 0 Å². The molecular formula is C18H21FIN5O. The summed E-state index contributed by atoms with van der Waals surface area (Å²) in [5.74, 6) is -0.621. The van der Waals surface area contributed by atoms with Crippen molar-refractivity contribution < 1.29 is 9.18 Å². The van der Waals surface area contributed by atoms with Gasteiger partial charge in [-0.05, 0) is 18.6 Å². The average molecular weight is 469 g/mol. The lowest BCUT2D eigenvalue weighted by Gasteiger charge is -2.26. The standard InChI is InChI=1S/C18H21FIN5O/c1-3-5-13-15(22-11-23-17(13)12(2)26)10-25(9-8-21)18(20)14-6-4-7-16(19)24-14/h4,6-9,11,18H,3,5,10,21H2,1-2H3/b9-8-. The van der Waals surface area contributed by atoms with Crippen LogP contribution in [0.4, 0.5) is 4.39 Å². The first-order valence-electron chi connectivity index (χ1n) is 8.22. The molecule has 8 heteroatoms. The first kappa shape index (κ1) is 20.2. The maximum atomic E-state index is 13.5. The van der Waals surface area contributed by atoms with Crippen molar-refractivity contribution in [3.63, 3.8) is 0 Å². The van der Waals surface area contributed by atoms with Gasteiger partial charge in [-0.3, -0.25) is 4.79 Å². The minimum Gasteiger partial charge on any atom is -0.403 e. The molecule has 0 aromatic carbocycles. The normalized spacial score (nSPS) is 12.3. The van der Waals surface area contributed by atoms with Crippen molar-refractivity contribution in [3.8, 4) is 0 Å². The second-order valence-electron chi connectivity index (χ2n) is 5.69. The van der Waals surface area contributed by atoms with Gasteiger partial charge >= 0.3 is 0 Å². The second kappa shape index (κ2) is 9.56. The highest BCUT2D eigenvalue weighted by molar-refractivity contribution is 14.1. The number of nitrogens with two attached hydrogens (primary N) is 1. The van der Waals surface area contributed by atoms with Crippen LogP contribution >= 0.6 is 22.6 Å². The van der Waals surface area contributed by atoms with Gasteiger partial charge in [0.25, 0.3) is 0 Å². The van der Waals surface area contributed by atoms with E-state index >= 15 is 0 Å². The lowest BCUT2D eigenvalue weighted by molar-refractivity contribution is 0.101. The summed E-state index contributed by atoms with van der Waals surface area (Å²) in [7, 11) is 0. The maximum absolute atomic E-state index is 13.5. The van der Waals surface area contributed by atoms with E-state index < -0.39 is 5.95 Å². The topological polar surface area (TPSA) is 85.0 Å². The van der Waals surface area contributed by atoms with Gasteiger partial charge in [0.05, 0.1) is 17.9 Å². The molecule has 0 aliphatic rings. The van der Waals surface area contributed by atoms with Gasteiger partial charge in [-0.15, -0.1) is 0 Å². The molecule has 2 rings (SSSR count). The van der Waals surface area contributed by atoms with Crippen LogP contribution in [0.1, 0.15) is 51.8 Å². The number of Topliss-reactive ketones (excluding diaryl/α,β-unsaturated/α-hetero) is 1. The number of rotatable bonds is 8. The fraction of sp³-hybridized carbons (Fsp3) is 0.333. The van der Waals surface area contributed by atoms with Crippen LogP contribution in [-0.4, -0.2) is 25.6 Å². The zero-order valence-electron chi connectivity index (χ0n) is 14.7. The lowest BCUT2D eigenvalue weighted by Crippen LogP contribution is -2.23. The Hall–Kier alpha value is -2.10. The molecule has 26 heavy (non-hydrogen) atoms. The highest BCUT2D eigenvalue weighted by atomic mass is 127. The van der Waals surface area contributed by atoms with Crippen molar-refractivity contribution in [2.75, 3.05) is 0 Å². The third kappa shape index (κ3) is 4.96. The Morgan fingerprint density at radius 2 is 2.19 bits per heavy atom. The molecule has 0 amide bonds. The number of pyridine rings is 1. The van der Waals surface area contributed by atoms with E-state index in [1.54, 1.807) is 18.3 Å². The van der Waals surface area contributed by atoms with Crippen LogP contribution in [0.25, 0.3) is 0 Å². The molecule has 0 saturated carbocycles. The summed E-state index contributed by atoms with van der Waals surface area (Å²) in [6, 6.07) is 4.68. The molecule has 0 fully saturated rings. The largest absolute Gasteiger partial charge is 0.403 e. The molecule has 138 valence electrons. The quantitative estimate of drug-likeness (QED) is 0.209. The van der Waals surface area contributed by atoms with E-state index in [1.165, 1.54) is 25.5 Å². The summed E-state index contributed by atoms with van der Waals surface area (Å²) in [5.41, 5.74) is 8.21. The molecule has 6 nitrogen and oxygen atoms in total. The number of hydrogen-bond acceptors (Lipinski definition) is 6. The number of carbonyl (C=O) groups excluding carboxylic acids is 1. The number of hydrogen-bond donors (Lipinski definition) is 1. The van der Waals surface area contributed by atoms with E-state index in [-0.39, 0.29) is 9.83 Å². The summed E-state index contributed by atoms with van der Waals surface area (Å²) >= 11 is 2.17. The average Bonchev–Trinajstić information content (AvgIpc) is 2.62. The minimum atomic E-state index is -0.534. The Labute approximate surface area is 165 Å². The Morgan fingerprint density at radius 3 is 2.81 bits per heavy atom. The fourth-order valence-corrected chi connectivity index (χ4v) is 3.35. The summed E-state index contributed by atoms with van der Waals surface area (Å²) < 4.78 is 13.2. The second-order valence-corrected chi connectivity index (χ2v) is 6.87. The highest BCUT2D eigenvalue weighted by Gasteiger charge is 2.20. The first-order chi connectivity index (χ1) is 12.5. The van der Waals surface area contributed by atoms with Crippen LogP contribution in [0, 0.1) is 5.95 Å². The molecule has 2 aromatic heterocycles. The molecule has 2 aromatic rings. The Bertz CT molecular complexity index is 799. The van der Waals surface area contributed by atoms with Crippen molar-refractivity contribution in [3.05, 3.63) is 65.5 Å². The van der Waals surface area contributed by atoms with Crippen LogP contribution in [0.15, 0.2) is 36.9 Å². The van der Waals surface area contributed by atoms with E-state index in [1.807, 2.05) is 11.8 Å². The number of nitrogens with zero attached hydrogens (tertiary/aromatic N) is 4. The van der Waals surface area contributed by atoms with E-state index in [0.717, 1.165) is 17.7 Å². The number of carbonyl (C=O) groups is 1. The van der Waals surface area contributed by atoms with Crippen molar-refractivity contribution >= 4 is 28.4 Å². The molecular weight excluding hydrogens is 448 g/mol. The van der Waals surface area contributed by atoms with Crippen molar-refractivity contribution in [1.29, 1.82) is 0 Å². The van der Waals surface area contributed by atoms with Gasteiger partial charge in [-0.1, -0.05) is 42.0 Å². The summed E-state index contributed by atoms with van der Waals surface area (Å²) in [6.45, 7) is 3.94. The summed E-state index contributed by atoms with van der Waals surface area (Å²) in [4.78, 5) is 26.3. The molecule has 0 spiro atoms. The van der Waals surface area contributed by atoms with Gasteiger partial charge in [0.2, 0.25) is 5.95 Å².